The van der Waals surface area contributed by atoms with Gasteiger partial charge in [0.25, 0.3) is 0 Å². The highest BCUT2D eigenvalue weighted by Gasteiger charge is 2.16. The molecule has 0 aromatic carbocycles. The van der Waals surface area contributed by atoms with Gasteiger partial charge in [-0.2, -0.15) is 0 Å². The monoisotopic (exact) mass is 293 g/mol. The van der Waals surface area contributed by atoms with Crippen LogP contribution in [-0.2, 0) is 0 Å². The number of urea groups is 1. The number of nitrogens with zero attached hydrogens (tertiary/aromatic N) is 3. The molecule has 0 aliphatic carbocycles. The van der Waals surface area contributed by atoms with E-state index >= 15 is 0 Å². The molecule has 0 aliphatic heterocycles. The van der Waals surface area contributed by atoms with Gasteiger partial charge in [0.2, 0.25) is 5.95 Å². The summed E-state index contributed by atoms with van der Waals surface area (Å²) in [6.07, 6.45) is 3.01. The minimum Gasteiger partial charge on any atom is -0.476 e. The van der Waals surface area contributed by atoms with Crippen LogP contribution in [0.4, 0.5) is 10.7 Å². The Labute approximate surface area is 117 Å². The van der Waals surface area contributed by atoms with Crippen molar-refractivity contribution >= 4 is 29.3 Å². The molecular weight excluding hydrogens is 282 g/mol. The lowest BCUT2D eigenvalue weighted by atomic mass is 10.3. The second-order valence-corrected chi connectivity index (χ2v) is 4.66. The minimum atomic E-state index is -1.10. The molecule has 9 heteroatoms. The lowest BCUT2D eigenvalue weighted by Crippen LogP contribution is -2.31. The molecular formula is C11H11N5O3S. The zero-order valence-electron chi connectivity index (χ0n) is 10.4. The fourth-order valence-electron chi connectivity index (χ4n) is 1.34. The maximum atomic E-state index is 11.7. The minimum absolute atomic E-state index is 0.0366. The van der Waals surface area contributed by atoms with E-state index in [1.165, 1.54) is 29.1 Å². The molecule has 0 radical (unpaired) electrons. The molecule has 0 spiro atoms. The zero-order chi connectivity index (χ0) is 14.5. The van der Waals surface area contributed by atoms with Gasteiger partial charge in [0.05, 0.1) is 6.04 Å². The number of carboxylic acid groups (broad SMARTS) is 1. The number of rotatable bonds is 4. The van der Waals surface area contributed by atoms with Crippen LogP contribution in [0.1, 0.15) is 28.5 Å². The molecule has 0 bridgehead atoms. The summed E-state index contributed by atoms with van der Waals surface area (Å²) < 4.78 is 0. The van der Waals surface area contributed by atoms with E-state index in [1.54, 1.807) is 13.0 Å². The van der Waals surface area contributed by atoms with Crippen molar-refractivity contribution in [2.45, 2.75) is 13.0 Å². The Bertz CT molecular complexity index is 616. The van der Waals surface area contributed by atoms with Crippen LogP contribution >= 0.6 is 11.3 Å². The Hall–Kier alpha value is -2.55. The van der Waals surface area contributed by atoms with Gasteiger partial charge in [-0.25, -0.2) is 24.5 Å². The van der Waals surface area contributed by atoms with Gasteiger partial charge >= 0.3 is 12.0 Å². The molecule has 1 atom stereocenters. The first kappa shape index (κ1) is 13.9. The van der Waals surface area contributed by atoms with E-state index in [0.717, 1.165) is 0 Å². The molecule has 2 amide bonds. The van der Waals surface area contributed by atoms with Gasteiger partial charge in [0.1, 0.15) is 5.01 Å². The number of carbonyl (C=O) groups excluding carboxylic acids is 1. The summed E-state index contributed by atoms with van der Waals surface area (Å²) in [5.74, 6) is -0.913. The first-order valence-electron chi connectivity index (χ1n) is 5.59. The van der Waals surface area contributed by atoms with Crippen LogP contribution in [0.25, 0.3) is 0 Å². The molecule has 2 heterocycles. The number of hydrogen-bond acceptors (Lipinski definition) is 6. The van der Waals surface area contributed by atoms with E-state index in [-0.39, 0.29) is 11.6 Å². The molecule has 8 nitrogen and oxygen atoms in total. The molecule has 2 aromatic heterocycles. The first-order valence-corrected chi connectivity index (χ1v) is 6.47. The van der Waals surface area contributed by atoms with Crippen molar-refractivity contribution in [3.63, 3.8) is 0 Å². The van der Waals surface area contributed by atoms with E-state index in [2.05, 4.69) is 25.6 Å². The molecule has 104 valence electrons. The number of carbonyl (C=O) groups is 2. The molecule has 0 fully saturated rings. The van der Waals surface area contributed by atoms with Gasteiger partial charge in [0.15, 0.2) is 5.69 Å². The highest BCUT2D eigenvalue weighted by molar-refractivity contribution is 7.09. The predicted octanol–water partition coefficient (Wildman–Crippen LogP) is 1.51. The van der Waals surface area contributed by atoms with E-state index < -0.39 is 18.0 Å². The number of amides is 2. The predicted molar refractivity (Wildman–Crippen MR) is 71.7 cm³/mol. The average molecular weight is 293 g/mol. The molecule has 0 saturated carbocycles. The van der Waals surface area contributed by atoms with E-state index in [0.29, 0.717) is 5.01 Å². The summed E-state index contributed by atoms with van der Waals surface area (Å²) in [6, 6.07) is 0.724. The van der Waals surface area contributed by atoms with Crippen molar-refractivity contribution < 1.29 is 14.7 Å². The lowest BCUT2D eigenvalue weighted by Gasteiger charge is -2.11. The molecule has 2 rings (SSSR count). The molecule has 20 heavy (non-hydrogen) atoms. The number of carboxylic acids is 1. The van der Waals surface area contributed by atoms with Crippen LogP contribution in [0.15, 0.2) is 23.8 Å². The second kappa shape index (κ2) is 6.06. The summed E-state index contributed by atoms with van der Waals surface area (Å²) in [4.78, 5) is 34.0. The van der Waals surface area contributed by atoms with Gasteiger partial charge in [0, 0.05) is 17.8 Å². The Balaban J connectivity index is 1.95. The van der Waals surface area contributed by atoms with Crippen LogP contribution < -0.4 is 10.6 Å². The Kier molecular flexibility index (Phi) is 4.20. The maximum absolute atomic E-state index is 11.7. The fraction of sp³-hybridized carbons (Fsp3) is 0.182. The van der Waals surface area contributed by atoms with Crippen LogP contribution in [0.5, 0.6) is 0 Å². The van der Waals surface area contributed by atoms with Crippen molar-refractivity contribution in [1.82, 2.24) is 20.3 Å². The van der Waals surface area contributed by atoms with E-state index in [4.69, 9.17) is 5.11 Å². The van der Waals surface area contributed by atoms with E-state index in [1.807, 2.05) is 0 Å². The van der Waals surface area contributed by atoms with Crippen molar-refractivity contribution in [1.29, 1.82) is 0 Å². The van der Waals surface area contributed by atoms with Crippen LogP contribution in [0.2, 0.25) is 0 Å². The largest absolute Gasteiger partial charge is 0.476 e. The molecule has 3 N–H and O–H groups in total. The van der Waals surface area contributed by atoms with Gasteiger partial charge in [-0.15, -0.1) is 11.3 Å². The summed E-state index contributed by atoms with van der Waals surface area (Å²) in [5, 5.41) is 15.8. The maximum Gasteiger partial charge on any atom is 0.355 e. The number of aromatic nitrogens is 3. The molecule has 2 aromatic rings. The Morgan fingerprint density at radius 2 is 2.05 bits per heavy atom. The number of hydrogen-bond donors (Lipinski definition) is 3. The number of nitrogens with one attached hydrogen (secondary N) is 2. The third-order valence-electron chi connectivity index (χ3n) is 2.25. The standard InChI is InChI=1S/C11H11N5O3S/c1-6(8-15-7(5-20-8)9(17)18)14-11(19)16-10-12-3-2-4-13-10/h2-6H,1H3,(H,17,18)(H2,12,13,14,16,19). The van der Waals surface area contributed by atoms with Gasteiger partial charge < -0.3 is 10.4 Å². The summed E-state index contributed by atoms with van der Waals surface area (Å²) >= 11 is 1.17. The lowest BCUT2D eigenvalue weighted by molar-refractivity contribution is 0.0691. The van der Waals surface area contributed by atoms with Gasteiger partial charge in [-0.05, 0) is 13.0 Å². The number of thiazole rings is 1. The van der Waals surface area contributed by atoms with Crippen molar-refractivity contribution in [3.8, 4) is 0 Å². The summed E-state index contributed by atoms with van der Waals surface area (Å²) in [7, 11) is 0. The topological polar surface area (TPSA) is 117 Å². The Morgan fingerprint density at radius 3 is 2.65 bits per heavy atom. The van der Waals surface area contributed by atoms with Crippen molar-refractivity contribution in [2.75, 3.05) is 5.32 Å². The van der Waals surface area contributed by atoms with Crippen LogP contribution in [-0.4, -0.2) is 32.1 Å². The quantitative estimate of drug-likeness (QED) is 0.786. The number of anilines is 1. The smallest absolute Gasteiger partial charge is 0.355 e. The van der Waals surface area contributed by atoms with Crippen LogP contribution in [0, 0.1) is 0 Å². The third kappa shape index (κ3) is 3.48. The second-order valence-electron chi connectivity index (χ2n) is 3.77. The first-order chi connectivity index (χ1) is 9.56. The summed E-state index contributed by atoms with van der Waals surface area (Å²) in [5.41, 5.74) is -0.0366. The summed E-state index contributed by atoms with van der Waals surface area (Å²) in [6.45, 7) is 1.70. The molecule has 0 saturated heterocycles. The fourth-order valence-corrected chi connectivity index (χ4v) is 2.14. The highest BCUT2D eigenvalue weighted by Crippen LogP contribution is 2.17. The van der Waals surface area contributed by atoms with Crippen molar-refractivity contribution in [3.05, 3.63) is 34.5 Å². The zero-order valence-corrected chi connectivity index (χ0v) is 11.2. The van der Waals surface area contributed by atoms with Crippen molar-refractivity contribution in [2.24, 2.45) is 0 Å². The highest BCUT2D eigenvalue weighted by atomic mass is 32.1. The van der Waals surface area contributed by atoms with Gasteiger partial charge in [-0.3, -0.25) is 5.32 Å². The normalized spacial score (nSPS) is 11.7. The molecule has 1 unspecified atom stereocenters. The number of aromatic carboxylic acids is 1. The van der Waals surface area contributed by atoms with E-state index in [9.17, 15) is 9.59 Å². The Morgan fingerprint density at radius 1 is 1.35 bits per heavy atom. The SMILES string of the molecule is CC(NC(=O)Nc1ncccn1)c1nc(C(=O)O)cs1. The van der Waals surface area contributed by atoms with Gasteiger partial charge in [-0.1, -0.05) is 0 Å². The molecule has 0 aliphatic rings. The van der Waals surface area contributed by atoms with Crippen LogP contribution in [0.3, 0.4) is 0 Å². The third-order valence-corrected chi connectivity index (χ3v) is 3.28. The average Bonchev–Trinajstić information content (AvgIpc) is 2.89.